The fourth-order valence-corrected chi connectivity index (χ4v) is 2.18. The molecule has 2 aromatic carbocycles. The Morgan fingerprint density at radius 3 is 2.21 bits per heavy atom. The van der Waals surface area contributed by atoms with Crippen LogP contribution >= 0.6 is 0 Å². The van der Waals surface area contributed by atoms with E-state index in [-0.39, 0.29) is 0 Å². The van der Waals surface area contributed by atoms with Crippen LogP contribution in [0.1, 0.15) is 48.2 Å². The van der Waals surface area contributed by atoms with E-state index in [1.54, 1.807) is 0 Å². The van der Waals surface area contributed by atoms with Gasteiger partial charge >= 0.3 is 0 Å². The van der Waals surface area contributed by atoms with Gasteiger partial charge in [-0.25, -0.2) is 0 Å². The van der Waals surface area contributed by atoms with E-state index in [0.717, 1.165) is 23.8 Å². The Kier molecular flexibility index (Phi) is 4.16. The van der Waals surface area contributed by atoms with Crippen molar-refractivity contribution in [2.24, 2.45) is 0 Å². The third kappa shape index (κ3) is 3.11. The Morgan fingerprint density at radius 1 is 1.00 bits per heavy atom. The summed E-state index contributed by atoms with van der Waals surface area (Å²) in [6, 6.07) is 14.7. The number of benzene rings is 2. The first-order valence-electron chi connectivity index (χ1n) is 6.83. The fourth-order valence-electron chi connectivity index (χ4n) is 2.18. The molecule has 0 N–H and O–H groups in total. The van der Waals surface area contributed by atoms with Gasteiger partial charge in [0.1, 0.15) is 6.29 Å². The van der Waals surface area contributed by atoms with E-state index in [1.807, 2.05) is 12.1 Å². The van der Waals surface area contributed by atoms with Gasteiger partial charge < -0.3 is 0 Å². The minimum absolute atomic E-state index is 0.425. The zero-order valence-electron chi connectivity index (χ0n) is 11.8. The molecule has 0 unspecified atom stereocenters. The van der Waals surface area contributed by atoms with Crippen LogP contribution in [0.5, 0.6) is 0 Å². The van der Waals surface area contributed by atoms with E-state index >= 15 is 0 Å². The molecule has 0 fully saturated rings. The number of rotatable bonds is 4. The molecule has 2 rings (SSSR count). The van der Waals surface area contributed by atoms with Gasteiger partial charge in [0, 0.05) is 5.56 Å². The highest BCUT2D eigenvalue weighted by atomic mass is 16.1. The predicted octanol–water partition coefficient (Wildman–Crippen LogP) is 4.85. The number of aryl methyl sites for hydroxylation is 1. The van der Waals surface area contributed by atoms with Crippen LogP contribution < -0.4 is 0 Å². The highest BCUT2D eigenvalue weighted by Crippen LogP contribution is 2.26. The Bertz CT molecular complexity index is 565. The van der Waals surface area contributed by atoms with Crippen molar-refractivity contribution >= 4 is 6.29 Å². The summed E-state index contributed by atoms with van der Waals surface area (Å²) in [4.78, 5) is 11.1. The lowest BCUT2D eigenvalue weighted by Crippen LogP contribution is -1.92. The molecule has 0 saturated carbocycles. The van der Waals surface area contributed by atoms with Crippen molar-refractivity contribution in [2.45, 2.75) is 33.1 Å². The number of hydrogen-bond donors (Lipinski definition) is 0. The van der Waals surface area contributed by atoms with Crippen LogP contribution in [0.4, 0.5) is 0 Å². The normalized spacial score (nSPS) is 10.7. The van der Waals surface area contributed by atoms with Crippen LogP contribution in [0.2, 0.25) is 0 Å². The Balaban J connectivity index is 2.47. The van der Waals surface area contributed by atoms with E-state index in [1.165, 1.54) is 16.7 Å². The van der Waals surface area contributed by atoms with E-state index < -0.39 is 0 Å². The lowest BCUT2D eigenvalue weighted by Gasteiger charge is -2.10. The molecule has 0 radical (unpaired) electrons. The van der Waals surface area contributed by atoms with Gasteiger partial charge in [-0.2, -0.15) is 0 Å². The average molecular weight is 252 g/mol. The third-order valence-corrected chi connectivity index (χ3v) is 3.48. The Labute approximate surface area is 115 Å². The number of aldehydes is 1. The van der Waals surface area contributed by atoms with Gasteiger partial charge in [0.25, 0.3) is 0 Å². The molecular weight excluding hydrogens is 232 g/mol. The molecule has 0 heterocycles. The smallest absolute Gasteiger partial charge is 0.150 e. The van der Waals surface area contributed by atoms with Crippen molar-refractivity contribution in [3.05, 3.63) is 59.2 Å². The topological polar surface area (TPSA) is 17.1 Å². The summed E-state index contributed by atoms with van der Waals surface area (Å²) in [5, 5.41) is 0. The largest absolute Gasteiger partial charge is 0.298 e. The minimum atomic E-state index is 0.425. The van der Waals surface area contributed by atoms with E-state index in [0.29, 0.717) is 5.92 Å². The van der Waals surface area contributed by atoms with Crippen molar-refractivity contribution in [3.8, 4) is 11.1 Å². The van der Waals surface area contributed by atoms with Gasteiger partial charge in [0.2, 0.25) is 0 Å². The molecule has 1 heteroatoms. The molecule has 0 aromatic heterocycles. The fraction of sp³-hybridized carbons (Fsp3) is 0.278. The van der Waals surface area contributed by atoms with Gasteiger partial charge in [-0.3, -0.25) is 4.79 Å². The summed E-state index contributed by atoms with van der Waals surface area (Å²) in [6.07, 6.45) is 1.97. The van der Waals surface area contributed by atoms with Crippen molar-refractivity contribution < 1.29 is 4.79 Å². The lowest BCUT2D eigenvalue weighted by molar-refractivity contribution is 0.112. The zero-order valence-corrected chi connectivity index (χ0v) is 11.8. The number of carbonyl (C=O) groups excluding carboxylic acids is 1. The van der Waals surface area contributed by atoms with Crippen LogP contribution in [-0.4, -0.2) is 6.29 Å². The molecule has 98 valence electrons. The lowest BCUT2D eigenvalue weighted by atomic mass is 9.94. The van der Waals surface area contributed by atoms with Crippen LogP contribution in [0.25, 0.3) is 11.1 Å². The molecule has 0 saturated heterocycles. The Hall–Kier alpha value is -1.89. The maximum absolute atomic E-state index is 11.1. The first-order valence-corrected chi connectivity index (χ1v) is 6.83. The highest BCUT2D eigenvalue weighted by Gasteiger charge is 2.06. The molecule has 0 bridgehead atoms. The SMILES string of the molecule is CCc1ccc(-c2cc(C=O)cc(C(C)C)c2)cc1. The molecule has 0 atom stereocenters. The maximum atomic E-state index is 11.1. The predicted molar refractivity (Wildman–Crippen MR) is 80.7 cm³/mol. The second kappa shape index (κ2) is 5.83. The summed E-state index contributed by atoms with van der Waals surface area (Å²) >= 11 is 0. The molecule has 19 heavy (non-hydrogen) atoms. The van der Waals surface area contributed by atoms with Crippen molar-refractivity contribution in [3.63, 3.8) is 0 Å². The minimum Gasteiger partial charge on any atom is -0.298 e. The van der Waals surface area contributed by atoms with Gasteiger partial charge in [-0.05, 0) is 46.7 Å². The molecule has 0 aliphatic heterocycles. The maximum Gasteiger partial charge on any atom is 0.150 e. The summed E-state index contributed by atoms with van der Waals surface area (Å²) in [5.74, 6) is 0.425. The first-order chi connectivity index (χ1) is 9.13. The van der Waals surface area contributed by atoms with Crippen molar-refractivity contribution in [1.29, 1.82) is 0 Å². The third-order valence-electron chi connectivity index (χ3n) is 3.48. The summed E-state index contributed by atoms with van der Waals surface area (Å²) in [6.45, 7) is 6.45. The molecule has 2 aromatic rings. The highest BCUT2D eigenvalue weighted by molar-refractivity contribution is 5.79. The van der Waals surface area contributed by atoms with Crippen LogP contribution in [0.15, 0.2) is 42.5 Å². The van der Waals surface area contributed by atoms with Crippen LogP contribution in [0, 0.1) is 0 Å². The average Bonchev–Trinajstić information content (AvgIpc) is 2.46. The zero-order chi connectivity index (χ0) is 13.8. The van der Waals surface area contributed by atoms with Crippen LogP contribution in [-0.2, 0) is 6.42 Å². The summed E-state index contributed by atoms with van der Waals surface area (Å²) in [7, 11) is 0. The second-order valence-corrected chi connectivity index (χ2v) is 5.21. The van der Waals surface area contributed by atoms with Crippen LogP contribution in [0.3, 0.4) is 0 Å². The molecule has 1 nitrogen and oxygen atoms in total. The van der Waals surface area contributed by atoms with E-state index in [4.69, 9.17) is 0 Å². The second-order valence-electron chi connectivity index (χ2n) is 5.21. The van der Waals surface area contributed by atoms with E-state index in [9.17, 15) is 4.79 Å². The molecule has 0 spiro atoms. The van der Waals surface area contributed by atoms with E-state index in [2.05, 4.69) is 51.1 Å². The summed E-state index contributed by atoms with van der Waals surface area (Å²) < 4.78 is 0. The van der Waals surface area contributed by atoms with Gasteiger partial charge in [0.15, 0.2) is 0 Å². The monoisotopic (exact) mass is 252 g/mol. The van der Waals surface area contributed by atoms with Gasteiger partial charge in [-0.15, -0.1) is 0 Å². The molecule has 0 amide bonds. The standard InChI is InChI=1S/C18H20O/c1-4-14-5-7-16(8-6-14)18-10-15(12-19)9-17(11-18)13(2)3/h5-13H,4H2,1-3H3. The summed E-state index contributed by atoms with van der Waals surface area (Å²) in [5.41, 5.74) is 5.58. The molecule has 0 aliphatic carbocycles. The number of hydrogen-bond acceptors (Lipinski definition) is 1. The Morgan fingerprint density at radius 2 is 1.68 bits per heavy atom. The van der Waals surface area contributed by atoms with Crippen molar-refractivity contribution in [1.82, 2.24) is 0 Å². The number of carbonyl (C=O) groups is 1. The van der Waals surface area contributed by atoms with Crippen molar-refractivity contribution in [2.75, 3.05) is 0 Å². The van der Waals surface area contributed by atoms with Gasteiger partial charge in [0.05, 0.1) is 0 Å². The van der Waals surface area contributed by atoms with Gasteiger partial charge in [-0.1, -0.05) is 51.1 Å². The first kappa shape index (κ1) is 13.5. The molecule has 0 aliphatic rings. The quantitative estimate of drug-likeness (QED) is 0.711. The molecular formula is C18H20O.